The Kier molecular flexibility index (Phi) is 3.33. The number of nitrogens with zero attached hydrogens (tertiary/aromatic N) is 3. The summed E-state index contributed by atoms with van der Waals surface area (Å²) >= 11 is 0. The minimum atomic E-state index is 0.607. The summed E-state index contributed by atoms with van der Waals surface area (Å²) in [5.74, 6) is 1.79. The molecule has 1 aliphatic carbocycles. The standard InChI is InChI=1S/C10H19N5/c1-8-4-9(8)5-12-6-10-7-15(3-2-11)14-13-10/h7-9,12H,2-6,11H2,1H3. The molecule has 5 heteroatoms. The monoisotopic (exact) mass is 209 g/mol. The largest absolute Gasteiger partial charge is 0.329 e. The van der Waals surface area contributed by atoms with Crippen LogP contribution in [-0.2, 0) is 13.1 Å². The van der Waals surface area contributed by atoms with E-state index in [-0.39, 0.29) is 0 Å². The predicted molar refractivity (Wildman–Crippen MR) is 58.1 cm³/mol. The van der Waals surface area contributed by atoms with E-state index in [1.807, 2.05) is 6.20 Å². The van der Waals surface area contributed by atoms with Gasteiger partial charge >= 0.3 is 0 Å². The lowest BCUT2D eigenvalue weighted by molar-refractivity contribution is 0.596. The predicted octanol–water partition coefficient (Wildman–Crippen LogP) is -0.0176. The Hall–Kier alpha value is -0.940. The second-order valence-electron chi connectivity index (χ2n) is 4.37. The molecule has 0 aromatic carbocycles. The van der Waals surface area contributed by atoms with Crippen LogP contribution in [0.15, 0.2) is 6.20 Å². The first-order chi connectivity index (χ1) is 7.29. The smallest absolute Gasteiger partial charge is 0.0964 e. The molecule has 2 rings (SSSR count). The van der Waals surface area contributed by atoms with Crippen molar-refractivity contribution in [2.24, 2.45) is 17.6 Å². The molecule has 0 aliphatic heterocycles. The molecule has 2 unspecified atom stereocenters. The lowest BCUT2D eigenvalue weighted by Crippen LogP contribution is -2.17. The topological polar surface area (TPSA) is 68.8 Å². The van der Waals surface area contributed by atoms with E-state index in [1.165, 1.54) is 6.42 Å². The zero-order valence-corrected chi connectivity index (χ0v) is 9.19. The van der Waals surface area contributed by atoms with E-state index in [9.17, 15) is 0 Å². The van der Waals surface area contributed by atoms with Crippen LogP contribution in [0.4, 0.5) is 0 Å². The van der Waals surface area contributed by atoms with Crippen LogP contribution in [0.25, 0.3) is 0 Å². The molecule has 2 atom stereocenters. The van der Waals surface area contributed by atoms with Gasteiger partial charge in [-0.2, -0.15) is 0 Å². The van der Waals surface area contributed by atoms with Gasteiger partial charge in [-0.3, -0.25) is 4.68 Å². The van der Waals surface area contributed by atoms with Crippen LogP contribution in [0.3, 0.4) is 0 Å². The third kappa shape index (κ3) is 3.00. The van der Waals surface area contributed by atoms with Crippen molar-refractivity contribution in [3.05, 3.63) is 11.9 Å². The van der Waals surface area contributed by atoms with E-state index >= 15 is 0 Å². The fourth-order valence-electron chi connectivity index (χ4n) is 1.73. The molecule has 1 aliphatic rings. The molecule has 1 heterocycles. The highest BCUT2D eigenvalue weighted by Crippen LogP contribution is 2.36. The highest BCUT2D eigenvalue weighted by atomic mass is 15.4. The Bertz CT molecular complexity index is 309. The van der Waals surface area contributed by atoms with Crippen LogP contribution in [0.1, 0.15) is 19.0 Å². The van der Waals surface area contributed by atoms with Gasteiger partial charge in [-0.05, 0) is 24.8 Å². The van der Waals surface area contributed by atoms with Crippen LogP contribution >= 0.6 is 0 Å². The molecule has 1 fully saturated rings. The SMILES string of the molecule is CC1CC1CNCc1cn(CCN)nn1. The summed E-state index contributed by atoms with van der Waals surface area (Å²) < 4.78 is 1.79. The molecule has 0 amide bonds. The van der Waals surface area contributed by atoms with Crippen molar-refractivity contribution >= 4 is 0 Å². The molecule has 0 saturated heterocycles. The summed E-state index contributed by atoms with van der Waals surface area (Å²) in [4.78, 5) is 0. The molecule has 1 saturated carbocycles. The third-order valence-electron chi connectivity index (χ3n) is 2.93. The molecule has 3 N–H and O–H groups in total. The summed E-state index contributed by atoms with van der Waals surface area (Å²) in [7, 11) is 0. The Balaban J connectivity index is 1.68. The van der Waals surface area contributed by atoms with E-state index in [2.05, 4.69) is 22.6 Å². The molecule has 0 radical (unpaired) electrons. The maximum Gasteiger partial charge on any atom is 0.0964 e. The van der Waals surface area contributed by atoms with E-state index in [4.69, 9.17) is 5.73 Å². The van der Waals surface area contributed by atoms with E-state index < -0.39 is 0 Å². The summed E-state index contributed by atoms with van der Waals surface area (Å²) in [6.07, 6.45) is 3.32. The highest BCUT2D eigenvalue weighted by molar-refractivity contribution is 4.92. The van der Waals surface area contributed by atoms with E-state index in [0.29, 0.717) is 6.54 Å². The number of nitrogens with one attached hydrogen (secondary N) is 1. The number of aromatic nitrogens is 3. The van der Waals surface area contributed by atoms with Gasteiger partial charge in [0.15, 0.2) is 0 Å². The minimum Gasteiger partial charge on any atom is -0.329 e. The van der Waals surface area contributed by atoms with Crippen molar-refractivity contribution in [1.29, 1.82) is 0 Å². The Labute approximate surface area is 90.0 Å². The highest BCUT2D eigenvalue weighted by Gasteiger charge is 2.31. The molecular weight excluding hydrogens is 190 g/mol. The molecule has 1 aromatic rings. The van der Waals surface area contributed by atoms with Crippen LogP contribution in [0, 0.1) is 11.8 Å². The van der Waals surface area contributed by atoms with Crippen molar-refractivity contribution in [3.63, 3.8) is 0 Å². The quantitative estimate of drug-likeness (QED) is 0.691. The first-order valence-corrected chi connectivity index (χ1v) is 5.59. The normalized spacial score (nSPS) is 24.4. The van der Waals surface area contributed by atoms with Gasteiger partial charge in [0.2, 0.25) is 0 Å². The Morgan fingerprint density at radius 1 is 1.67 bits per heavy atom. The van der Waals surface area contributed by atoms with Crippen LogP contribution < -0.4 is 11.1 Å². The van der Waals surface area contributed by atoms with Gasteiger partial charge < -0.3 is 11.1 Å². The van der Waals surface area contributed by atoms with Crippen LogP contribution in [0.2, 0.25) is 0 Å². The maximum atomic E-state index is 5.43. The van der Waals surface area contributed by atoms with E-state index in [1.54, 1.807) is 4.68 Å². The lowest BCUT2D eigenvalue weighted by Gasteiger charge is -1.99. The second-order valence-corrected chi connectivity index (χ2v) is 4.37. The first kappa shape index (κ1) is 10.6. The molecular formula is C10H19N5. The number of hydrogen-bond donors (Lipinski definition) is 2. The summed E-state index contributed by atoms with van der Waals surface area (Å²) in [5, 5.41) is 11.4. The zero-order chi connectivity index (χ0) is 10.7. The zero-order valence-electron chi connectivity index (χ0n) is 9.19. The van der Waals surface area contributed by atoms with Crippen molar-refractivity contribution < 1.29 is 0 Å². The van der Waals surface area contributed by atoms with Gasteiger partial charge in [-0.15, -0.1) is 5.10 Å². The third-order valence-corrected chi connectivity index (χ3v) is 2.93. The van der Waals surface area contributed by atoms with Gasteiger partial charge in [-0.1, -0.05) is 12.1 Å². The number of nitrogens with two attached hydrogens (primary N) is 1. The second kappa shape index (κ2) is 4.72. The lowest BCUT2D eigenvalue weighted by atomic mass is 10.3. The van der Waals surface area contributed by atoms with Crippen molar-refractivity contribution in [1.82, 2.24) is 20.3 Å². The van der Waals surface area contributed by atoms with Crippen molar-refractivity contribution in [2.75, 3.05) is 13.1 Å². The maximum absolute atomic E-state index is 5.43. The number of rotatable bonds is 6. The summed E-state index contributed by atoms with van der Waals surface area (Å²) in [6, 6.07) is 0. The van der Waals surface area contributed by atoms with Gasteiger partial charge in [0.25, 0.3) is 0 Å². The fraction of sp³-hybridized carbons (Fsp3) is 0.800. The van der Waals surface area contributed by atoms with Gasteiger partial charge in [0.1, 0.15) is 0 Å². The average Bonchev–Trinajstić information content (AvgIpc) is 2.74. The Morgan fingerprint density at radius 3 is 3.13 bits per heavy atom. The molecule has 84 valence electrons. The fourth-order valence-corrected chi connectivity index (χ4v) is 1.73. The summed E-state index contributed by atoms with van der Waals surface area (Å²) in [6.45, 7) is 5.56. The molecule has 0 spiro atoms. The minimum absolute atomic E-state index is 0.607. The molecule has 5 nitrogen and oxygen atoms in total. The molecule has 0 bridgehead atoms. The van der Waals surface area contributed by atoms with Crippen LogP contribution in [-0.4, -0.2) is 28.1 Å². The van der Waals surface area contributed by atoms with Gasteiger partial charge in [0.05, 0.1) is 12.2 Å². The summed E-state index contributed by atoms with van der Waals surface area (Å²) in [5.41, 5.74) is 6.43. The molecule has 15 heavy (non-hydrogen) atoms. The van der Waals surface area contributed by atoms with Gasteiger partial charge in [0, 0.05) is 19.3 Å². The van der Waals surface area contributed by atoms with Crippen LogP contribution in [0.5, 0.6) is 0 Å². The average molecular weight is 209 g/mol. The number of hydrogen-bond acceptors (Lipinski definition) is 4. The van der Waals surface area contributed by atoms with Crippen molar-refractivity contribution in [2.45, 2.75) is 26.4 Å². The first-order valence-electron chi connectivity index (χ1n) is 5.59. The Morgan fingerprint density at radius 2 is 2.47 bits per heavy atom. The van der Waals surface area contributed by atoms with Crippen molar-refractivity contribution in [3.8, 4) is 0 Å². The van der Waals surface area contributed by atoms with E-state index in [0.717, 1.165) is 37.2 Å². The molecule has 1 aromatic heterocycles. The van der Waals surface area contributed by atoms with Gasteiger partial charge in [-0.25, -0.2) is 0 Å².